The maximum atomic E-state index is 4.66. The molecular formula is C18H38N2S. The van der Waals surface area contributed by atoms with Crippen molar-refractivity contribution >= 4 is 17.8 Å². The standard InChI is InChI=1S/C18H38N2S/c1-5-9-10-11-12-13-14-15-17-21-20(8-4)18(16-6-2)19-7-3/h5-17H2,1-4H3/b19-18-. The minimum Gasteiger partial charge on any atom is -0.305 e. The third kappa shape index (κ3) is 12.1. The lowest BCUT2D eigenvalue weighted by molar-refractivity contribution is 0.585. The van der Waals surface area contributed by atoms with Crippen LogP contribution in [0.25, 0.3) is 0 Å². The molecule has 0 fully saturated rings. The minimum absolute atomic E-state index is 0.907. The Morgan fingerprint density at radius 3 is 1.95 bits per heavy atom. The first-order chi connectivity index (χ1) is 10.3. The van der Waals surface area contributed by atoms with Crippen LogP contribution in [0.3, 0.4) is 0 Å². The average molecular weight is 315 g/mol. The van der Waals surface area contributed by atoms with Gasteiger partial charge in [-0.15, -0.1) is 0 Å². The van der Waals surface area contributed by atoms with Gasteiger partial charge in [-0.1, -0.05) is 58.8 Å². The van der Waals surface area contributed by atoms with Crippen molar-refractivity contribution in [2.45, 2.75) is 91.9 Å². The Balaban J connectivity index is 3.69. The predicted octanol–water partition coefficient (Wildman–Crippen LogP) is 6.32. The van der Waals surface area contributed by atoms with Crippen LogP contribution in [0.1, 0.15) is 91.9 Å². The molecule has 0 heterocycles. The Bertz CT molecular complexity index is 241. The van der Waals surface area contributed by atoms with Gasteiger partial charge in [0.15, 0.2) is 0 Å². The van der Waals surface area contributed by atoms with Crippen molar-refractivity contribution in [2.75, 3.05) is 18.8 Å². The van der Waals surface area contributed by atoms with Crippen LogP contribution in [0.2, 0.25) is 0 Å². The van der Waals surface area contributed by atoms with E-state index in [9.17, 15) is 0 Å². The summed E-state index contributed by atoms with van der Waals surface area (Å²) < 4.78 is 2.41. The van der Waals surface area contributed by atoms with Crippen molar-refractivity contribution in [2.24, 2.45) is 4.99 Å². The summed E-state index contributed by atoms with van der Waals surface area (Å²) in [4.78, 5) is 4.66. The molecule has 0 aromatic carbocycles. The van der Waals surface area contributed by atoms with Crippen LogP contribution in [0.5, 0.6) is 0 Å². The molecule has 2 nitrogen and oxygen atoms in total. The molecule has 0 aliphatic rings. The highest BCUT2D eigenvalue weighted by Crippen LogP contribution is 2.17. The van der Waals surface area contributed by atoms with E-state index in [1.807, 2.05) is 11.9 Å². The SMILES string of the molecule is CCCCCCCCCCSN(CC)/C(CCC)=N\CC. The smallest absolute Gasteiger partial charge is 0.109 e. The third-order valence-corrected chi connectivity index (χ3v) is 4.89. The summed E-state index contributed by atoms with van der Waals surface area (Å²) in [7, 11) is 0. The van der Waals surface area contributed by atoms with E-state index in [0.717, 1.165) is 19.5 Å². The van der Waals surface area contributed by atoms with E-state index in [1.165, 1.54) is 69.4 Å². The van der Waals surface area contributed by atoms with Crippen LogP contribution in [0.15, 0.2) is 4.99 Å². The molecule has 0 aliphatic heterocycles. The van der Waals surface area contributed by atoms with E-state index in [-0.39, 0.29) is 0 Å². The first-order valence-corrected chi connectivity index (χ1v) is 10.2. The molecule has 0 bridgehead atoms. The molecule has 0 unspecified atom stereocenters. The number of nitrogens with zero attached hydrogens (tertiary/aromatic N) is 2. The molecule has 0 N–H and O–H groups in total. The molecular weight excluding hydrogens is 276 g/mol. The number of hydrogen-bond donors (Lipinski definition) is 0. The monoisotopic (exact) mass is 314 g/mol. The van der Waals surface area contributed by atoms with Crippen LogP contribution in [-0.2, 0) is 0 Å². The Morgan fingerprint density at radius 1 is 0.810 bits per heavy atom. The highest BCUT2D eigenvalue weighted by molar-refractivity contribution is 7.97. The lowest BCUT2D eigenvalue weighted by Crippen LogP contribution is -2.24. The zero-order valence-corrected chi connectivity index (χ0v) is 15.8. The van der Waals surface area contributed by atoms with Gasteiger partial charge in [-0.2, -0.15) is 0 Å². The zero-order chi connectivity index (χ0) is 15.8. The maximum Gasteiger partial charge on any atom is 0.109 e. The van der Waals surface area contributed by atoms with E-state index in [0.29, 0.717) is 0 Å². The number of aliphatic imine (C=N–C) groups is 1. The fourth-order valence-electron chi connectivity index (χ4n) is 2.45. The molecule has 0 spiro atoms. The highest BCUT2D eigenvalue weighted by Gasteiger charge is 2.08. The zero-order valence-electron chi connectivity index (χ0n) is 15.0. The van der Waals surface area contributed by atoms with Crippen molar-refractivity contribution < 1.29 is 0 Å². The summed E-state index contributed by atoms with van der Waals surface area (Å²) in [6, 6.07) is 0. The number of amidine groups is 1. The average Bonchev–Trinajstić information content (AvgIpc) is 2.49. The molecule has 0 saturated carbocycles. The Kier molecular flexibility index (Phi) is 16.1. The fraction of sp³-hybridized carbons (Fsp3) is 0.944. The minimum atomic E-state index is 0.907. The summed E-state index contributed by atoms with van der Waals surface area (Å²) in [6.45, 7) is 10.9. The second-order valence-electron chi connectivity index (χ2n) is 5.64. The van der Waals surface area contributed by atoms with Crippen LogP contribution in [0, 0.1) is 0 Å². The molecule has 0 aromatic rings. The van der Waals surface area contributed by atoms with E-state index in [4.69, 9.17) is 0 Å². The topological polar surface area (TPSA) is 15.6 Å². The van der Waals surface area contributed by atoms with E-state index < -0.39 is 0 Å². The number of hydrogen-bond acceptors (Lipinski definition) is 2. The van der Waals surface area contributed by atoms with Gasteiger partial charge in [0.05, 0.1) is 0 Å². The summed E-state index contributed by atoms with van der Waals surface area (Å²) in [5, 5.41) is 0. The largest absolute Gasteiger partial charge is 0.305 e. The van der Waals surface area contributed by atoms with E-state index >= 15 is 0 Å². The van der Waals surface area contributed by atoms with Crippen molar-refractivity contribution in [1.82, 2.24) is 4.31 Å². The molecule has 0 aromatic heterocycles. The van der Waals surface area contributed by atoms with Gasteiger partial charge in [0.2, 0.25) is 0 Å². The summed E-state index contributed by atoms with van der Waals surface area (Å²) in [5.41, 5.74) is 0. The van der Waals surface area contributed by atoms with Gasteiger partial charge in [0, 0.05) is 25.3 Å². The van der Waals surface area contributed by atoms with Gasteiger partial charge in [0.25, 0.3) is 0 Å². The number of unbranched alkanes of at least 4 members (excludes halogenated alkanes) is 7. The predicted molar refractivity (Wildman–Crippen MR) is 100 cm³/mol. The molecule has 0 amide bonds. The summed E-state index contributed by atoms with van der Waals surface area (Å²) in [5.74, 6) is 2.54. The van der Waals surface area contributed by atoms with Crippen molar-refractivity contribution in [3.63, 3.8) is 0 Å². The maximum absolute atomic E-state index is 4.66. The first kappa shape index (κ1) is 20.8. The Hall–Kier alpha value is -0.180. The molecule has 126 valence electrons. The molecule has 21 heavy (non-hydrogen) atoms. The van der Waals surface area contributed by atoms with Crippen molar-refractivity contribution in [3.8, 4) is 0 Å². The lowest BCUT2D eigenvalue weighted by Gasteiger charge is -2.23. The normalized spacial score (nSPS) is 11.9. The second-order valence-corrected chi connectivity index (χ2v) is 6.75. The van der Waals surface area contributed by atoms with Gasteiger partial charge in [-0.05, 0) is 38.6 Å². The molecule has 0 saturated heterocycles. The molecule has 3 heteroatoms. The van der Waals surface area contributed by atoms with Gasteiger partial charge < -0.3 is 4.31 Å². The van der Waals surface area contributed by atoms with Crippen molar-refractivity contribution in [1.29, 1.82) is 0 Å². The van der Waals surface area contributed by atoms with Gasteiger partial charge >= 0.3 is 0 Å². The van der Waals surface area contributed by atoms with Gasteiger partial charge in [-0.25, -0.2) is 0 Å². The Labute approximate surface area is 138 Å². The van der Waals surface area contributed by atoms with Crippen LogP contribution < -0.4 is 0 Å². The summed E-state index contributed by atoms with van der Waals surface area (Å²) in [6.07, 6.45) is 13.5. The fourth-order valence-corrected chi connectivity index (χ4v) is 3.48. The van der Waals surface area contributed by atoms with E-state index in [1.54, 1.807) is 0 Å². The summed E-state index contributed by atoms with van der Waals surface area (Å²) >= 11 is 1.98. The van der Waals surface area contributed by atoms with Crippen LogP contribution >= 0.6 is 11.9 Å². The second kappa shape index (κ2) is 16.2. The first-order valence-electron chi connectivity index (χ1n) is 9.23. The quantitative estimate of drug-likeness (QED) is 0.161. The molecule has 0 atom stereocenters. The molecule has 0 aliphatic carbocycles. The van der Waals surface area contributed by atoms with Gasteiger partial charge in [-0.3, -0.25) is 4.99 Å². The molecule has 0 radical (unpaired) electrons. The van der Waals surface area contributed by atoms with Crippen LogP contribution in [0.4, 0.5) is 0 Å². The van der Waals surface area contributed by atoms with Crippen LogP contribution in [-0.4, -0.2) is 29.0 Å². The van der Waals surface area contributed by atoms with Crippen molar-refractivity contribution in [3.05, 3.63) is 0 Å². The third-order valence-electron chi connectivity index (χ3n) is 3.63. The van der Waals surface area contributed by atoms with E-state index in [2.05, 4.69) is 37.0 Å². The Morgan fingerprint density at radius 2 is 1.43 bits per heavy atom. The van der Waals surface area contributed by atoms with Gasteiger partial charge in [0.1, 0.15) is 5.84 Å². The molecule has 0 rings (SSSR count). The highest BCUT2D eigenvalue weighted by atomic mass is 32.2. The lowest BCUT2D eigenvalue weighted by atomic mass is 10.1. The number of rotatable bonds is 14.